The van der Waals surface area contributed by atoms with E-state index in [4.69, 9.17) is 0 Å². The third-order valence-electron chi connectivity index (χ3n) is 1.53. The van der Waals surface area contributed by atoms with E-state index < -0.39 is 12.5 Å². The second kappa shape index (κ2) is 4.13. The van der Waals surface area contributed by atoms with Crippen LogP contribution in [0.3, 0.4) is 0 Å². The molecule has 0 aliphatic carbocycles. The number of hydrogen-bond donors (Lipinski definition) is 1. The second-order valence-corrected chi connectivity index (χ2v) is 3.35. The summed E-state index contributed by atoms with van der Waals surface area (Å²) in [4.78, 5) is 3.95. The lowest BCUT2D eigenvalue weighted by molar-refractivity contribution is -0.0842. The first kappa shape index (κ1) is 10.6. The van der Waals surface area contributed by atoms with Crippen molar-refractivity contribution >= 4 is 15.9 Å². The molecule has 2 nitrogen and oxygen atoms in total. The number of hydrogen-bond acceptors (Lipinski definition) is 2. The van der Waals surface area contributed by atoms with E-state index in [1.165, 1.54) is 12.1 Å². The van der Waals surface area contributed by atoms with Crippen molar-refractivity contribution in [1.82, 2.24) is 0 Å². The van der Waals surface area contributed by atoms with Crippen LogP contribution in [-0.4, -0.2) is 6.61 Å². The van der Waals surface area contributed by atoms with Crippen molar-refractivity contribution < 1.29 is 13.6 Å². The summed E-state index contributed by atoms with van der Waals surface area (Å²) in [6.07, 6.45) is 0. The molecule has 0 aliphatic heterocycles. The zero-order chi connectivity index (χ0) is 9.90. The molecule has 1 aromatic rings. The zero-order valence-corrected chi connectivity index (χ0v) is 8.22. The molecule has 0 spiro atoms. The van der Waals surface area contributed by atoms with Crippen molar-refractivity contribution in [2.24, 2.45) is 5.90 Å². The predicted octanol–water partition coefficient (Wildman–Crippen LogP) is 2.43. The summed E-state index contributed by atoms with van der Waals surface area (Å²) in [7, 11) is 0. The summed E-state index contributed by atoms with van der Waals surface area (Å²) in [5.41, 5.74) is -0.125. The molecule has 13 heavy (non-hydrogen) atoms. The minimum Gasteiger partial charge on any atom is -0.298 e. The molecule has 0 heterocycles. The van der Waals surface area contributed by atoms with Crippen LogP contribution in [0.2, 0.25) is 0 Å². The SMILES string of the molecule is NOCC(F)(F)c1ccccc1Br. The molecular formula is C8H8BrF2NO. The Morgan fingerprint density at radius 1 is 1.38 bits per heavy atom. The normalized spacial score (nSPS) is 11.7. The van der Waals surface area contributed by atoms with Crippen LogP contribution in [0, 0.1) is 0 Å². The topological polar surface area (TPSA) is 35.2 Å². The summed E-state index contributed by atoms with van der Waals surface area (Å²) in [5.74, 6) is 1.55. The summed E-state index contributed by atoms with van der Waals surface area (Å²) < 4.78 is 26.7. The average Bonchev–Trinajstić information content (AvgIpc) is 2.04. The van der Waals surface area contributed by atoms with Gasteiger partial charge in [-0.05, 0) is 6.07 Å². The molecule has 0 unspecified atom stereocenters. The van der Waals surface area contributed by atoms with Crippen LogP contribution in [0.1, 0.15) is 5.56 Å². The van der Waals surface area contributed by atoms with Crippen LogP contribution in [0.4, 0.5) is 8.78 Å². The van der Waals surface area contributed by atoms with Gasteiger partial charge in [-0.3, -0.25) is 4.84 Å². The molecule has 0 radical (unpaired) electrons. The van der Waals surface area contributed by atoms with E-state index >= 15 is 0 Å². The highest BCUT2D eigenvalue weighted by molar-refractivity contribution is 9.10. The van der Waals surface area contributed by atoms with Crippen molar-refractivity contribution in [2.75, 3.05) is 6.61 Å². The Morgan fingerprint density at radius 3 is 2.54 bits per heavy atom. The fourth-order valence-electron chi connectivity index (χ4n) is 0.940. The Kier molecular flexibility index (Phi) is 3.35. The van der Waals surface area contributed by atoms with Crippen LogP contribution in [0.25, 0.3) is 0 Å². The van der Waals surface area contributed by atoms with E-state index in [9.17, 15) is 8.78 Å². The molecule has 0 saturated carbocycles. The Hall–Kier alpha value is -0.520. The van der Waals surface area contributed by atoms with Gasteiger partial charge in [-0.25, -0.2) is 5.90 Å². The minimum absolute atomic E-state index is 0.125. The maximum atomic E-state index is 13.2. The van der Waals surface area contributed by atoms with Crippen LogP contribution < -0.4 is 5.90 Å². The van der Waals surface area contributed by atoms with Crippen molar-refractivity contribution in [3.05, 3.63) is 34.3 Å². The van der Waals surface area contributed by atoms with Gasteiger partial charge in [-0.1, -0.05) is 34.1 Å². The van der Waals surface area contributed by atoms with Crippen LogP contribution in [0.15, 0.2) is 28.7 Å². The molecule has 72 valence electrons. The third kappa shape index (κ3) is 2.46. The second-order valence-electron chi connectivity index (χ2n) is 2.50. The van der Waals surface area contributed by atoms with Gasteiger partial charge in [0.25, 0.3) is 5.92 Å². The summed E-state index contributed by atoms with van der Waals surface area (Å²) in [6.45, 7) is -0.824. The molecule has 0 atom stereocenters. The van der Waals surface area contributed by atoms with Gasteiger partial charge in [0, 0.05) is 10.0 Å². The first-order valence-corrected chi connectivity index (χ1v) is 4.32. The standard InChI is InChI=1S/C8H8BrF2NO/c9-7-4-2-1-3-6(7)8(10,11)5-13-12/h1-4H,5,12H2. The Bertz CT molecular complexity index is 293. The number of halogens is 3. The summed E-state index contributed by atoms with van der Waals surface area (Å²) >= 11 is 3.03. The fourth-order valence-corrected chi connectivity index (χ4v) is 1.52. The van der Waals surface area contributed by atoms with Crippen molar-refractivity contribution in [3.63, 3.8) is 0 Å². The van der Waals surface area contributed by atoms with E-state index in [0.29, 0.717) is 4.47 Å². The predicted molar refractivity (Wildman–Crippen MR) is 48.2 cm³/mol. The Morgan fingerprint density at radius 2 is 2.00 bits per heavy atom. The molecule has 1 rings (SSSR count). The van der Waals surface area contributed by atoms with E-state index in [2.05, 4.69) is 26.7 Å². The summed E-state index contributed by atoms with van der Waals surface area (Å²) in [6, 6.07) is 6.06. The number of nitrogens with two attached hydrogens (primary N) is 1. The van der Waals surface area contributed by atoms with E-state index in [0.717, 1.165) is 0 Å². The van der Waals surface area contributed by atoms with Gasteiger partial charge < -0.3 is 0 Å². The number of rotatable bonds is 3. The monoisotopic (exact) mass is 251 g/mol. The minimum atomic E-state index is -3.06. The van der Waals surface area contributed by atoms with Gasteiger partial charge in [0.1, 0.15) is 6.61 Å². The van der Waals surface area contributed by atoms with Gasteiger partial charge in [0.15, 0.2) is 0 Å². The molecule has 0 amide bonds. The van der Waals surface area contributed by atoms with E-state index in [1.54, 1.807) is 12.1 Å². The smallest absolute Gasteiger partial charge is 0.298 e. The average molecular weight is 252 g/mol. The lowest BCUT2D eigenvalue weighted by atomic mass is 10.1. The van der Waals surface area contributed by atoms with Gasteiger partial charge in [0.05, 0.1) is 0 Å². The lowest BCUT2D eigenvalue weighted by Gasteiger charge is -2.16. The molecule has 2 N–H and O–H groups in total. The molecule has 0 fully saturated rings. The molecule has 0 aromatic heterocycles. The van der Waals surface area contributed by atoms with Crippen LogP contribution in [-0.2, 0) is 10.8 Å². The van der Waals surface area contributed by atoms with E-state index in [1.807, 2.05) is 0 Å². The van der Waals surface area contributed by atoms with Crippen molar-refractivity contribution in [3.8, 4) is 0 Å². The quantitative estimate of drug-likeness (QED) is 0.838. The van der Waals surface area contributed by atoms with Gasteiger partial charge in [-0.15, -0.1) is 0 Å². The molecule has 0 aliphatic rings. The summed E-state index contributed by atoms with van der Waals surface area (Å²) in [5, 5.41) is 0. The van der Waals surface area contributed by atoms with Gasteiger partial charge in [-0.2, -0.15) is 8.78 Å². The third-order valence-corrected chi connectivity index (χ3v) is 2.22. The number of alkyl halides is 2. The first-order chi connectivity index (χ1) is 6.08. The highest BCUT2D eigenvalue weighted by atomic mass is 79.9. The molecule has 0 bridgehead atoms. The van der Waals surface area contributed by atoms with Gasteiger partial charge in [0.2, 0.25) is 0 Å². The largest absolute Gasteiger partial charge is 0.299 e. The molecular weight excluding hydrogens is 244 g/mol. The maximum absolute atomic E-state index is 13.2. The van der Waals surface area contributed by atoms with Crippen molar-refractivity contribution in [1.29, 1.82) is 0 Å². The fraction of sp³-hybridized carbons (Fsp3) is 0.250. The highest BCUT2D eigenvalue weighted by Gasteiger charge is 2.33. The van der Waals surface area contributed by atoms with Crippen LogP contribution in [0.5, 0.6) is 0 Å². The highest BCUT2D eigenvalue weighted by Crippen LogP contribution is 2.33. The lowest BCUT2D eigenvalue weighted by Crippen LogP contribution is -2.23. The van der Waals surface area contributed by atoms with Gasteiger partial charge >= 0.3 is 0 Å². The van der Waals surface area contributed by atoms with Crippen molar-refractivity contribution in [2.45, 2.75) is 5.92 Å². The zero-order valence-electron chi connectivity index (χ0n) is 6.64. The Balaban J connectivity index is 2.99. The Labute approximate surface area is 82.8 Å². The molecule has 0 saturated heterocycles. The van der Waals surface area contributed by atoms with Crippen LogP contribution >= 0.6 is 15.9 Å². The van der Waals surface area contributed by atoms with E-state index in [-0.39, 0.29) is 5.56 Å². The number of benzene rings is 1. The first-order valence-electron chi connectivity index (χ1n) is 3.52. The maximum Gasteiger partial charge on any atom is 0.299 e. The molecule has 1 aromatic carbocycles. The molecule has 5 heteroatoms.